The van der Waals surface area contributed by atoms with E-state index in [1.807, 2.05) is 27.0 Å². The highest BCUT2D eigenvalue weighted by Crippen LogP contribution is 2.36. The number of rotatable bonds is 6. The van der Waals surface area contributed by atoms with Gasteiger partial charge in [-0.3, -0.25) is 9.69 Å². The van der Waals surface area contributed by atoms with E-state index in [1.54, 1.807) is 6.07 Å². The van der Waals surface area contributed by atoms with Gasteiger partial charge in [0.1, 0.15) is 5.82 Å². The van der Waals surface area contributed by atoms with Gasteiger partial charge in [-0.2, -0.15) is 0 Å². The van der Waals surface area contributed by atoms with Gasteiger partial charge in [0.05, 0.1) is 11.1 Å². The Morgan fingerprint density at radius 1 is 1.52 bits per heavy atom. The summed E-state index contributed by atoms with van der Waals surface area (Å²) in [6.45, 7) is 5.46. The number of halogens is 3. The molecule has 142 valence electrons. The van der Waals surface area contributed by atoms with E-state index in [-0.39, 0.29) is 41.2 Å². The van der Waals surface area contributed by atoms with Crippen molar-refractivity contribution in [2.75, 3.05) is 20.1 Å². The first-order valence-corrected chi connectivity index (χ1v) is 8.91. The molecule has 0 saturated carbocycles. The Labute approximate surface area is 160 Å². The van der Waals surface area contributed by atoms with Gasteiger partial charge < -0.3 is 11.1 Å². The highest BCUT2D eigenvalue weighted by Gasteiger charge is 2.34. The monoisotopic (exact) mass is 391 g/mol. The molecule has 4 nitrogen and oxygen atoms in total. The fourth-order valence-corrected chi connectivity index (χ4v) is 3.44. The molecule has 1 aromatic rings. The zero-order valence-corrected chi connectivity index (χ0v) is 16.5. The molecule has 4 atom stereocenters. The van der Waals surface area contributed by atoms with Gasteiger partial charge in [-0.25, -0.2) is 4.39 Å². The predicted molar refractivity (Wildman–Crippen MR) is 103 cm³/mol. The zero-order valence-electron chi connectivity index (χ0n) is 15.0. The molecule has 4 unspecified atom stereocenters. The van der Waals surface area contributed by atoms with E-state index in [1.165, 1.54) is 6.07 Å². The smallest absolute Gasteiger partial charge is 0.237 e. The number of hydrogen-bond acceptors (Lipinski definition) is 3. The van der Waals surface area contributed by atoms with Crippen molar-refractivity contribution in [2.45, 2.75) is 38.8 Å². The highest BCUT2D eigenvalue weighted by atomic mass is 35.5. The molecule has 7 heteroatoms. The van der Waals surface area contributed by atoms with E-state index < -0.39 is 11.9 Å². The topological polar surface area (TPSA) is 58.4 Å². The molecule has 1 aliphatic rings. The van der Waals surface area contributed by atoms with Crippen molar-refractivity contribution < 1.29 is 9.18 Å². The number of nitrogens with two attached hydrogens (primary N) is 1. The Bertz CT molecular complexity index is 587. The number of hydrogen-bond donors (Lipinski definition) is 2. The molecule has 25 heavy (non-hydrogen) atoms. The minimum absolute atomic E-state index is 0. The molecule has 1 aliphatic heterocycles. The molecule has 1 aromatic carbocycles. The van der Waals surface area contributed by atoms with Crippen LogP contribution in [-0.2, 0) is 4.79 Å². The number of nitrogens with one attached hydrogen (secondary N) is 1. The lowest BCUT2D eigenvalue weighted by Gasteiger charge is -2.27. The van der Waals surface area contributed by atoms with E-state index in [0.717, 1.165) is 24.9 Å². The quantitative estimate of drug-likeness (QED) is 0.781. The summed E-state index contributed by atoms with van der Waals surface area (Å²) in [6, 6.07) is 4.52. The maximum atomic E-state index is 13.8. The van der Waals surface area contributed by atoms with Gasteiger partial charge in [-0.1, -0.05) is 37.9 Å². The fraction of sp³-hybridized carbons (Fsp3) is 0.611. The largest absolute Gasteiger partial charge is 0.354 e. The first-order valence-electron chi connectivity index (χ1n) is 8.53. The summed E-state index contributed by atoms with van der Waals surface area (Å²) in [5.74, 6) is -0.142. The van der Waals surface area contributed by atoms with Crippen molar-refractivity contribution in [3.05, 3.63) is 34.6 Å². The third-order valence-corrected chi connectivity index (χ3v) is 5.46. The van der Waals surface area contributed by atoms with Crippen LogP contribution in [0.15, 0.2) is 18.2 Å². The molecule has 0 bridgehead atoms. The number of likely N-dealkylation sites (tertiary alicyclic amines) is 1. The Hall–Kier alpha value is -0.880. The highest BCUT2D eigenvalue weighted by molar-refractivity contribution is 6.30. The van der Waals surface area contributed by atoms with Gasteiger partial charge in [0.25, 0.3) is 0 Å². The number of nitrogens with zero attached hydrogens (tertiary/aromatic N) is 1. The molecule has 1 fully saturated rings. The first kappa shape index (κ1) is 22.2. The van der Waals surface area contributed by atoms with Crippen molar-refractivity contribution >= 4 is 29.9 Å². The average Bonchev–Trinajstić information content (AvgIpc) is 2.94. The van der Waals surface area contributed by atoms with Crippen molar-refractivity contribution in [1.82, 2.24) is 10.2 Å². The summed E-state index contributed by atoms with van der Waals surface area (Å²) in [6.07, 6.45) is 1.82. The third kappa shape index (κ3) is 5.30. The predicted octanol–water partition coefficient (Wildman–Crippen LogP) is 3.38. The van der Waals surface area contributed by atoms with Crippen molar-refractivity contribution in [3.63, 3.8) is 0 Å². The third-order valence-electron chi connectivity index (χ3n) is 5.16. The Morgan fingerprint density at radius 3 is 2.80 bits per heavy atom. The Kier molecular flexibility index (Phi) is 8.61. The summed E-state index contributed by atoms with van der Waals surface area (Å²) in [5.41, 5.74) is 6.87. The summed E-state index contributed by atoms with van der Waals surface area (Å²) in [5, 5.41) is 3.10. The molecule has 1 amide bonds. The normalized spacial score (nSPS) is 23.0. The van der Waals surface area contributed by atoms with E-state index >= 15 is 0 Å². The Morgan fingerprint density at radius 2 is 2.20 bits per heavy atom. The van der Waals surface area contributed by atoms with Crippen LogP contribution in [0.5, 0.6) is 0 Å². The van der Waals surface area contributed by atoms with Crippen LogP contribution in [0.4, 0.5) is 4.39 Å². The van der Waals surface area contributed by atoms with Crippen LogP contribution in [0.1, 0.15) is 38.3 Å². The molecule has 0 spiro atoms. The lowest BCUT2D eigenvalue weighted by atomic mass is 9.93. The second-order valence-electron chi connectivity index (χ2n) is 6.80. The van der Waals surface area contributed by atoms with E-state index in [9.17, 15) is 9.18 Å². The fourth-order valence-electron chi connectivity index (χ4n) is 3.32. The van der Waals surface area contributed by atoms with Gasteiger partial charge in [0, 0.05) is 12.6 Å². The molecule has 0 radical (unpaired) electrons. The SMILES string of the molecule is CCC(C)C(N)C(=O)NCC1CCN(C)C1c1ccc(Cl)c(F)c1.Cl. The Balaban J connectivity index is 0.00000312. The first-order chi connectivity index (χ1) is 11.3. The summed E-state index contributed by atoms with van der Waals surface area (Å²) < 4.78 is 13.8. The summed E-state index contributed by atoms with van der Waals surface area (Å²) >= 11 is 5.78. The number of benzene rings is 1. The number of amides is 1. The van der Waals surface area contributed by atoms with Crippen LogP contribution >= 0.6 is 24.0 Å². The number of carbonyl (C=O) groups excluding carboxylic acids is 1. The summed E-state index contributed by atoms with van der Waals surface area (Å²) in [7, 11) is 2.02. The zero-order chi connectivity index (χ0) is 17.9. The average molecular weight is 392 g/mol. The van der Waals surface area contributed by atoms with E-state index in [0.29, 0.717) is 6.54 Å². The minimum atomic E-state index is -0.486. The van der Waals surface area contributed by atoms with Gasteiger partial charge in [0.15, 0.2) is 0 Å². The molecule has 1 heterocycles. The second-order valence-corrected chi connectivity index (χ2v) is 7.21. The van der Waals surface area contributed by atoms with Crippen LogP contribution in [0.25, 0.3) is 0 Å². The van der Waals surface area contributed by atoms with Crippen LogP contribution in [0.3, 0.4) is 0 Å². The molecule has 2 rings (SSSR count). The van der Waals surface area contributed by atoms with Crippen molar-refractivity contribution in [2.24, 2.45) is 17.6 Å². The molecular formula is C18H28Cl2FN3O. The molecule has 1 saturated heterocycles. The van der Waals surface area contributed by atoms with Crippen molar-refractivity contribution in [1.29, 1.82) is 0 Å². The standard InChI is InChI=1S/C18H27ClFN3O.ClH/c1-4-11(2)16(21)18(24)22-10-13-7-8-23(3)17(13)12-5-6-14(19)15(20)9-12;/h5-6,9,11,13,16-17H,4,7-8,10,21H2,1-3H3,(H,22,24);1H. The lowest BCUT2D eigenvalue weighted by Crippen LogP contribution is -2.46. The summed E-state index contributed by atoms with van der Waals surface area (Å²) in [4.78, 5) is 14.4. The van der Waals surface area contributed by atoms with Crippen LogP contribution in [0.2, 0.25) is 5.02 Å². The van der Waals surface area contributed by atoms with Crippen LogP contribution in [0, 0.1) is 17.7 Å². The second kappa shape index (κ2) is 9.72. The minimum Gasteiger partial charge on any atom is -0.354 e. The molecule has 3 N–H and O–H groups in total. The molecule has 0 aromatic heterocycles. The van der Waals surface area contributed by atoms with Crippen LogP contribution in [-0.4, -0.2) is 37.0 Å². The maximum Gasteiger partial charge on any atom is 0.237 e. The van der Waals surface area contributed by atoms with E-state index in [4.69, 9.17) is 17.3 Å². The molecule has 0 aliphatic carbocycles. The van der Waals surface area contributed by atoms with Gasteiger partial charge in [-0.15, -0.1) is 12.4 Å². The van der Waals surface area contributed by atoms with Crippen molar-refractivity contribution in [3.8, 4) is 0 Å². The van der Waals surface area contributed by atoms with Gasteiger partial charge in [0.2, 0.25) is 5.91 Å². The molecular weight excluding hydrogens is 364 g/mol. The van der Waals surface area contributed by atoms with Crippen LogP contribution < -0.4 is 11.1 Å². The maximum absolute atomic E-state index is 13.8. The van der Waals surface area contributed by atoms with Gasteiger partial charge >= 0.3 is 0 Å². The van der Waals surface area contributed by atoms with Gasteiger partial charge in [-0.05, 0) is 49.5 Å². The number of carbonyl (C=O) groups is 1. The lowest BCUT2D eigenvalue weighted by molar-refractivity contribution is -0.123. The van der Waals surface area contributed by atoms with E-state index in [2.05, 4.69) is 10.2 Å².